The van der Waals surface area contributed by atoms with Gasteiger partial charge >= 0.3 is 0 Å². The van der Waals surface area contributed by atoms with Crippen LogP contribution >= 0.6 is 0 Å². The maximum Gasteiger partial charge on any atom is 0.269 e. The Bertz CT molecular complexity index is 979. The topological polar surface area (TPSA) is 75.5 Å². The van der Waals surface area contributed by atoms with Gasteiger partial charge < -0.3 is 10.2 Å². The summed E-state index contributed by atoms with van der Waals surface area (Å²) in [5, 5.41) is 14.0. The smallest absolute Gasteiger partial charge is 0.269 e. The Morgan fingerprint density at radius 3 is 2.56 bits per heavy atom. The van der Waals surface area contributed by atoms with E-state index < -0.39 is 10.6 Å². The predicted octanol–water partition coefficient (Wildman–Crippen LogP) is 3.54. The molecular formula is C21H21N3O3. The fourth-order valence-corrected chi connectivity index (χ4v) is 4.21. The number of rotatable bonds is 3. The number of nitrogens with zero attached hydrogens (tertiary/aromatic N) is 2. The van der Waals surface area contributed by atoms with Crippen molar-refractivity contribution in [1.29, 1.82) is 0 Å². The number of aryl methyl sites for hydroxylation is 1. The first kappa shape index (κ1) is 17.3. The van der Waals surface area contributed by atoms with Crippen molar-refractivity contribution in [2.75, 3.05) is 11.4 Å². The molecule has 2 heterocycles. The molecule has 0 aromatic heterocycles. The van der Waals surface area contributed by atoms with Crippen LogP contribution in [-0.2, 0) is 10.2 Å². The summed E-state index contributed by atoms with van der Waals surface area (Å²) in [6.07, 6.45) is 3.93. The second kappa shape index (κ2) is 5.67. The number of nitrogens with one attached hydrogen (secondary N) is 1. The lowest BCUT2D eigenvalue weighted by atomic mass is 9.75. The molecule has 1 atom stereocenters. The van der Waals surface area contributed by atoms with Crippen LogP contribution in [0.1, 0.15) is 30.5 Å². The van der Waals surface area contributed by atoms with Crippen LogP contribution in [0.5, 0.6) is 0 Å². The molecule has 2 aliphatic heterocycles. The first-order valence-corrected chi connectivity index (χ1v) is 8.88. The van der Waals surface area contributed by atoms with E-state index in [0.29, 0.717) is 6.54 Å². The van der Waals surface area contributed by atoms with E-state index in [-0.39, 0.29) is 17.0 Å². The number of non-ortho nitro benzene ring substituents is 1. The molecule has 1 fully saturated rings. The highest BCUT2D eigenvalue weighted by Crippen LogP contribution is 2.53. The molecular weight excluding hydrogens is 342 g/mol. The average molecular weight is 363 g/mol. The van der Waals surface area contributed by atoms with E-state index in [0.717, 1.165) is 11.3 Å². The number of fused-ring (bicyclic) bond motifs is 3. The zero-order valence-electron chi connectivity index (χ0n) is 15.5. The molecule has 2 aromatic carbocycles. The molecule has 6 heteroatoms. The van der Waals surface area contributed by atoms with Crippen LogP contribution in [0.25, 0.3) is 6.08 Å². The van der Waals surface area contributed by atoms with E-state index in [4.69, 9.17) is 0 Å². The molecule has 0 aliphatic carbocycles. The standard InChI is InChI=1S/C21H21N3O3/c1-14-4-9-18-17(12-14)20(2,3)21(22-19(25)13-23(18)21)11-10-15-5-7-16(8-6-15)24(26)27/h4-12H,13H2,1-3H3,(H,22,25)/b11-10+/t21-/m0/s1. The number of hydrogen-bond donors (Lipinski definition) is 1. The van der Waals surface area contributed by atoms with Crippen molar-refractivity contribution in [3.8, 4) is 0 Å². The summed E-state index contributed by atoms with van der Waals surface area (Å²) in [4.78, 5) is 24.8. The quantitative estimate of drug-likeness (QED) is 0.668. The van der Waals surface area contributed by atoms with Gasteiger partial charge in [0, 0.05) is 23.2 Å². The minimum atomic E-state index is -0.665. The third-order valence-corrected chi connectivity index (χ3v) is 5.75. The summed E-state index contributed by atoms with van der Waals surface area (Å²) >= 11 is 0. The normalized spacial score (nSPS) is 22.6. The van der Waals surface area contributed by atoms with Gasteiger partial charge in [-0.05, 0) is 42.3 Å². The molecule has 0 spiro atoms. The van der Waals surface area contributed by atoms with Crippen LogP contribution in [0.3, 0.4) is 0 Å². The fourth-order valence-electron chi connectivity index (χ4n) is 4.21. The highest BCUT2D eigenvalue weighted by Gasteiger charge is 2.59. The molecule has 0 unspecified atom stereocenters. The number of nitro benzene ring substituents is 1. The van der Waals surface area contributed by atoms with E-state index in [9.17, 15) is 14.9 Å². The van der Waals surface area contributed by atoms with Crippen molar-refractivity contribution in [2.45, 2.75) is 31.8 Å². The van der Waals surface area contributed by atoms with E-state index in [1.54, 1.807) is 12.1 Å². The van der Waals surface area contributed by atoms with Gasteiger partial charge in [-0.2, -0.15) is 0 Å². The number of amides is 1. The van der Waals surface area contributed by atoms with Crippen molar-refractivity contribution < 1.29 is 9.72 Å². The molecule has 2 aromatic rings. The molecule has 1 saturated heterocycles. The van der Waals surface area contributed by atoms with Crippen molar-refractivity contribution in [3.05, 3.63) is 75.3 Å². The molecule has 138 valence electrons. The van der Waals surface area contributed by atoms with E-state index in [1.807, 2.05) is 12.2 Å². The number of hydrogen-bond acceptors (Lipinski definition) is 4. The Balaban J connectivity index is 1.77. The largest absolute Gasteiger partial charge is 0.335 e. The minimum Gasteiger partial charge on any atom is -0.335 e. The van der Waals surface area contributed by atoms with Crippen LogP contribution in [0.4, 0.5) is 11.4 Å². The molecule has 4 rings (SSSR count). The molecule has 0 radical (unpaired) electrons. The zero-order valence-corrected chi connectivity index (χ0v) is 15.5. The molecule has 0 saturated carbocycles. The summed E-state index contributed by atoms with van der Waals surface area (Å²) < 4.78 is 0. The number of anilines is 1. The third kappa shape index (κ3) is 2.44. The molecule has 27 heavy (non-hydrogen) atoms. The van der Waals surface area contributed by atoms with Gasteiger partial charge in [0.25, 0.3) is 5.69 Å². The Kier molecular flexibility index (Phi) is 3.63. The molecule has 1 amide bonds. The maximum absolute atomic E-state index is 12.3. The lowest BCUT2D eigenvalue weighted by Gasteiger charge is -2.40. The van der Waals surface area contributed by atoms with Crippen molar-refractivity contribution >= 4 is 23.4 Å². The molecule has 1 N–H and O–H groups in total. The second-order valence-corrected chi connectivity index (χ2v) is 7.73. The van der Waals surface area contributed by atoms with Gasteiger partial charge in [-0.15, -0.1) is 0 Å². The van der Waals surface area contributed by atoms with Crippen LogP contribution in [0.2, 0.25) is 0 Å². The summed E-state index contributed by atoms with van der Waals surface area (Å²) in [5.41, 5.74) is 3.36. The first-order chi connectivity index (χ1) is 12.7. The number of carbonyl (C=O) groups is 1. The monoisotopic (exact) mass is 363 g/mol. The fraction of sp³-hybridized carbons (Fsp3) is 0.286. The molecule has 6 nitrogen and oxygen atoms in total. The summed E-state index contributed by atoms with van der Waals surface area (Å²) in [5.74, 6) is -0.0114. The van der Waals surface area contributed by atoms with Gasteiger partial charge in [0.15, 0.2) is 0 Å². The van der Waals surface area contributed by atoms with Crippen molar-refractivity contribution in [2.24, 2.45) is 0 Å². The van der Waals surface area contributed by atoms with Gasteiger partial charge in [0.2, 0.25) is 5.91 Å². The van der Waals surface area contributed by atoms with Crippen molar-refractivity contribution in [3.63, 3.8) is 0 Å². The van der Waals surface area contributed by atoms with Gasteiger partial charge in [0.05, 0.1) is 11.5 Å². The highest BCUT2D eigenvalue weighted by molar-refractivity contribution is 5.91. The van der Waals surface area contributed by atoms with Gasteiger partial charge in [-0.25, -0.2) is 0 Å². The highest BCUT2D eigenvalue weighted by atomic mass is 16.6. The van der Waals surface area contributed by atoms with E-state index >= 15 is 0 Å². The summed E-state index contributed by atoms with van der Waals surface area (Å²) in [6.45, 7) is 6.65. The number of carbonyl (C=O) groups excluding carboxylic acids is 1. The van der Waals surface area contributed by atoms with Crippen LogP contribution < -0.4 is 10.2 Å². The molecule has 2 aliphatic rings. The second-order valence-electron chi connectivity index (χ2n) is 7.73. The SMILES string of the molecule is Cc1ccc2c(c1)C(C)(C)[C@@]1(/C=C/c3ccc([N+](=O)[O-])cc3)NC(=O)CN21. The van der Waals surface area contributed by atoms with Crippen molar-refractivity contribution in [1.82, 2.24) is 5.32 Å². The third-order valence-electron chi connectivity index (χ3n) is 5.75. The summed E-state index contributed by atoms with van der Waals surface area (Å²) in [7, 11) is 0. The average Bonchev–Trinajstić information content (AvgIpc) is 3.05. The lowest BCUT2D eigenvalue weighted by molar-refractivity contribution is -0.384. The summed E-state index contributed by atoms with van der Waals surface area (Å²) in [6, 6.07) is 12.7. The van der Waals surface area contributed by atoms with Crippen LogP contribution in [0.15, 0.2) is 48.5 Å². The van der Waals surface area contributed by atoms with Gasteiger partial charge in [0.1, 0.15) is 5.66 Å². The Hall–Kier alpha value is -3.15. The number of nitro groups is 1. The predicted molar refractivity (Wildman–Crippen MR) is 105 cm³/mol. The molecule has 0 bridgehead atoms. The van der Waals surface area contributed by atoms with Crippen LogP contribution in [0, 0.1) is 17.0 Å². The Morgan fingerprint density at radius 1 is 1.19 bits per heavy atom. The van der Waals surface area contributed by atoms with Gasteiger partial charge in [-0.3, -0.25) is 14.9 Å². The Morgan fingerprint density at radius 2 is 1.89 bits per heavy atom. The lowest BCUT2D eigenvalue weighted by Crippen LogP contribution is -2.58. The number of benzene rings is 2. The van der Waals surface area contributed by atoms with E-state index in [1.165, 1.54) is 23.3 Å². The zero-order chi connectivity index (χ0) is 19.4. The minimum absolute atomic E-state index is 0.0114. The Labute approximate surface area is 157 Å². The first-order valence-electron chi connectivity index (χ1n) is 8.88. The maximum atomic E-state index is 12.3. The van der Waals surface area contributed by atoms with Crippen LogP contribution in [-0.4, -0.2) is 23.0 Å². The van der Waals surface area contributed by atoms with E-state index in [2.05, 4.69) is 49.2 Å². The van der Waals surface area contributed by atoms with Gasteiger partial charge in [-0.1, -0.05) is 37.6 Å².